The largest absolute Gasteiger partial charge is 0.480 e. The second kappa shape index (κ2) is 7.53. The molecule has 0 radical (unpaired) electrons. The number of carboxylic acid groups (broad SMARTS) is 1. The molecule has 0 saturated carbocycles. The summed E-state index contributed by atoms with van der Waals surface area (Å²) in [6, 6.07) is 6.78. The lowest BCUT2D eigenvalue weighted by molar-refractivity contribution is -0.139. The second-order valence-electron chi connectivity index (χ2n) is 4.48. The van der Waals surface area contributed by atoms with Crippen LogP contribution in [0.4, 0.5) is 5.69 Å². The standard InChI is InChI=1S/C14H20N2O3/c1-3-5-12(14(18)19)15-9-13(17)16-11-7-4-6-10(2)8-11/h4,6-8,12,15H,3,5,9H2,1-2H3,(H,16,17)(H,18,19). The van der Waals surface area contributed by atoms with Gasteiger partial charge in [0.25, 0.3) is 0 Å². The van der Waals surface area contributed by atoms with Crippen molar-refractivity contribution in [1.82, 2.24) is 5.32 Å². The van der Waals surface area contributed by atoms with Crippen LogP contribution in [-0.2, 0) is 9.59 Å². The normalized spacial score (nSPS) is 11.9. The molecule has 1 aromatic rings. The van der Waals surface area contributed by atoms with Gasteiger partial charge in [0, 0.05) is 5.69 Å². The van der Waals surface area contributed by atoms with E-state index in [1.807, 2.05) is 32.0 Å². The molecule has 1 aromatic carbocycles. The molecule has 104 valence electrons. The molecule has 1 unspecified atom stereocenters. The molecule has 1 atom stereocenters. The summed E-state index contributed by atoms with van der Waals surface area (Å²) >= 11 is 0. The molecule has 0 aliphatic heterocycles. The summed E-state index contributed by atoms with van der Waals surface area (Å²) in [6.45, 7) is 3.84. The summed E-state index contributed by atoms with van der Waals surface area (Å²) < 4.78 is 0. The van der Waals surface area contributed by atoms with E-state index in [4.69, 9.17) is 5.11 Å². The zero-order valence-electron chi connectivity index (χ0n) is 11.3. The minimum atomic E-state index is -0.926. The van der Waals surface area contributed by atoms with Gasteiger partial charge >= 0.3 is 5.97 Å². The number of amides is 1. The van der Waals surface area contributed by atoms with Crippen LogP contribution in [0.3, 0.4) is 0 Å². The Morgan fingerprint density at radius 3 is 2.68 bits per heavy atom. The summed E-state index contributed by atoms with van der Waals surface area (Å²) in [5.41, 5.74) is 1.77. The number of rotatable bonds is 7. The molecular weight excluding hydrogens is 244 g/mol. The van der Waals surface area contributed by atoms with Crippen LogP contribution in [0.15, 0.2) is 24.3 Å². The molecule has 0 aliphatic carbocycles. The minimum Gasteiger partial charge on any atom is -0.480 e. The van der Waals surface area contributed by atoms with Gasteiger partial charge in [-0.25, -0.2) is 0 Å². The number of carboxylic acids is 1. The fraction of sp³-hybridized carbons (Fsp3) is 0.429. The summed E-state index contributed by atoms with van der Waals surface area (Å²) in [5.74, 6) is -1.17. The Bertz CT molecular complexity index is 446. The van der Waals surface area contributed by atoms with Crippen LogP contribution < -0.4 is 10.6 Å². The van der Waals surface area contributed by atoms with E-state index in [1.165, 1.54) is 0 Å². The van der Waals surface area contributed by atoms with E-state index in [0.29, 0.717) is 12.1 Å². The fourth-order valence-corrected chi connectivity index (χ4v) is 1.75. The van der Waals surface area contributed by atoms with E-state index < -0.39 is 12.0 Å². The number of carbonyl (C=O) groups excluding carboxylic acids is 1. The second-order valence-corrected chi connectivity index (χ2v) is 4.48. The SMILES string of the molecule is CCCC(NCC(=O)Nc1cccc(C)c1)C(=O)O. The molecule has 0 bridgehead atoms. The van der Waals surface area contributed by atoms with Crippen molar-refractivity contribution < 1.29 is 14.7 Å². The third-order valence-corrected chi connectivity index (χ3v) is 2.69. The molecule has 0 fully saturated rings. The maximum Gasteiger partial charge on any atom is 0.320 e. The highest BCUT2D eigenvalue weighted by Gasteiger charge is 2.16. The van der Waals surface area contributed by atoms with Gasteiger partial charge in [0.15, 0.2) is 0 Å². The van der Waals surface area contributed by atoms with E-state index in [0.717, 1.165) is 12.0 Å². The van der Waals surface area contributed by atoms with Gasteiger partial charge < -0.3 is 10.4 Å². The summed E-state index contributed by atoms with van der Waals surface area (Å²) in [5, 5.41) is 14.4. The van der Waals surface area contributed by atoms with Gasteiger partial charge in [0.2, 0.25) is 5.91 Å². The highest BCUT2D eigenvalue weighted by atomic mass is 16.4. The van der Waals surface area contributed by atoms with Crippen molar-refractivity contribution in [2.24, 2.45) is 0 Å². The van der Waals surface area contributed by atoms with Crippen LogP contribution in [0.5, 0.6) is 0 Å². The van der Waals surface area contributed by atoms with Crippen LogP contribution in [-0.4, -0.2) is 29.6 Å². The lowest BCUT2D eigenvalue weighted by atomic mass is 10.1. The molecule has 19 heavy (non-hydrogen) atoms. The van der Waals surface area contributed by atoms with E-state index in [9.17, 15) is 9.59 Å². The van der Waals surface area contributed by atoms with Crippen molar-refractivity contribution in [1.29, 1.82) is 0 Å². The van der Waals surface area contributed by atoms with Crippen molar-refractivity contribution in [2.75, 3.05) is 11.9 Å². The van der Waals surface area contributed by atoms with E-state index >= 15 is 0 Å². The number of aliphatic carboxylic acids is 1. The molecule has 0 heterocycles. The summed E-state index contributed by atoms with van der Waals surface area (Å²) in [4.78, 5) is 22.6. The number of benzene rings is 1. The summed E-state index contributed by atoms with van der Waals surface area (Å²) in [6.07, 6.45) is 1.26. The van der Waals surface area contributed by atoms with Gasteiger partial charge in [-0.3, -0.25) is 14.9 Å². The Kier molecular flexibility index (Phi) is 6.02. The van der Waals surface area contributed by atoms with Gasteiger partial charge in [-0.05, 0) is 31.0 Å². The number of hydrogen-bond acceptors (Lipinski definition) is 3. The fourth-order valence-electron chi connectivity index (χ4n) is 1.75. The summed E-state index contributed by atoms with van der Waals surface area (Å²) in [7, 11) is 0. The average molecular weight is 264 g/mol. The van der Waals surface area contributed by atoms with Crippen molar-refractivity contribution in [3.8, 4) is 0 Å². The molecule has 3 N–H and O–H groups in total. The Morgan fingerprint density at radius 2 is 2.11 bits per heavy atom. The topological polar surface area (TPSA) is 78.4 Å². The van der Waals surface area contributed by atoms with Gasteiger partial charge in [-0.2, -0.15) is 0 Å². The highest BCUT2D eigenvalue weighted by Crippen LogP contribution is 2.09. The lowest BCUT2D eigenvalue weighted by Gasteiger charge is -2.13. The molecule has 1 rings (SSSR count). The predicted molar refractivity (Wildman–Crippen MR) is 74.1 cm³/mol. The Hall–Kier alpha value is -1.88. The Morgan fingerprint density at radius 1 is 1.37 bits per heavy atom. The molecule has 0 spiro atoms. The first kappa shape index (κ1) is 15.2. The van der Waals surface area contributed by atoms with E-state index in [2.05, 4.69) is 10.6 Å². The van der Waals surface area contributed by atoms with Gasteiger partial charge in [0.05, 0.1) is 6.54 Å². The number of carbonyl (C=O) groups is 2. The molecule has 1 amide bonds. The minimum absolute atomic E-state index is 0.00902. The molecular formula is C14H20N2O3. The van der Waals surface area contributed by atoms with Crippen LogP contribution in [0.2, 0.25) is 0 Å². The zero-order valence-corrected chi connectivity index (χ0v) is 11.3. The number of hydrogen-bond donors (Lipinski definition) is 3. The van der Waals surface area contributed by atoms with Gasteiger partial charge in [-0.15, -0.1) is 0 Å². The Balaban J connectivity index is 2.45. The first-order chi connectivity index (χ1) is 9.02. The van der Waals surface area contributed by atoms with Crippen molar-refractivity contribution in [3.05, 3.63) is 29.8 Å². The monoisotopic (exact) mass is 264 g/mol. The first-order valence-corrected chi connectivity index (χ1v) is 6.35. The highest BCUT2D eigenvalue weighted by molar-refractivity contribution is 5.92. The quantitative estimate of drug-likeness (QED) is 0.701. The number of nitrogens with one attached hydrogen (secondary N) is 2. The molecule has 0 saturated heterocycles. The van der Waals surface area contributed by atoms with Crippen LogP contribution in [0.1, 0.15) is 25.3 Å². The van der Waals surface area contributed by atoms with E-state index in [-0.39, 0.29) is 12.5 Å². The third-order valence-electron chi connectivity index (χ3n) is 2.69. The third kappa shape index (κ3) is 5.52. The molecule has 0 aliphatic rings. The number of anilines is 1. The number of aryl methyl sites for hydroxylation is 1. The maximum absolute atomic E-state index is 11.7. The van der Waals surface area contributed by atoms with Gasteiger partial charge in [0.1, 0.15) is 6.04 Å². The Labute approximate surface area is 113 Å². The van der Waals surface area contributed by atoms with Crippen molar-refractivity contribution >= 4 is 17.6 Å². The molecule has 5 nitrogen and oxygen atoms in total. The van der Waals surface area contributed by atoms with Crippen molar-refractivity contribution in [2.45, 2.75) is 32.7 Å². The van der Waals surface area contributed by atoms with Crippen LogP contribution in [0.25, 0.3) is 0 Å². The van der Waals surface area contributed by atoms with E-state index in [1.54, 1.807) is 6.07 Å². The molecule has 5 heteroatoms. The van der Waals surface area contributed by atoms with Crippen molar-refractivity contribution in [3.63, 3.8) is 0 Å². The zero-order chi connectivity index (χ0) is 14.3. The van der Waals surface area contributed by atoms with Crippen LogP contribution >= 0.6 is 0 Å². The van der Waals surface area contributed by atoms with Gasteiger partial charge in [-0.1, -0.05) is 25.5 Å². The maximum atomic E-state index is 11.7. The smallest absolute Gasteiger partial charge is 0.320 e. The predicted octanol–water partition coefficient (Wildman–Crippen LogP) is 1.78. The molecule has 0 aromatic heterocycles. The lowest BCUT2D eigenvalue weighted by Crippen LogP contribution is -2.41. The first-order valence-electron chi connectivity index (χ1n) is 6.35. The van der Waals surface area contributed by atoms with Crippen LogP contribution in [0, 0.1) is 6.92 Å². The average Bonchev–Trinajstić information content (AvgIpc) is 2.34.